The van der Waals surface area contributed by atoms with E-state index in [9.17, 15) is 4.79 Å². The van der Waals surface area contributed by atoms with E-state index < -0.39 is 0 Å². The molecule has 5 heteroatoms. The standard InChI is InChI=1S/C12H12N4O/c1-8-14-11(10-5-3-4-6-13-10)7-12(15-8)16-9(2)17/h3-7H,1-2H3,(H,14,15,16,17). The molecule has 5 nitrogen and oxygen atoms in total. The summed E-state index contributed by atoms with van der Waals surface area (Å²) in [5, 5.41) is 2.64. The lowest BCUT2D eigenvalue weighted by atomic mass is 10.2. The molecule has 1 amide bonds. The van der Waals surface area contributed by atoms with Crippen LogP contribution in [0.1, 0.15) is 12.7 Å². The molecule has 0 bridgehead atoms. The Bertz CT molecular complexity index is 539. The van der Waals surface area contributed by atoms with E-state index in [0.717, 1.165) is 5.69 Å². The lowest BCUT2D eigenvalue weighted by molar-refractivity contribution is -0.114. The number of anilines is 1. The fraction of sp³-hybridized carbons (Fsp3) is 0.167. The third kappa shape index (κ3) is 2.84. The van der Waals surface area contributed by atoms with Gasteiger partial charge < -0.3 is 5.32 Å². The molecule has 2 aromatic rings. The van der Waals surface area contributed by atoms with Crippen LogP contribution in [0.3, 0.4) is 0 Å². The van der Waals surface area contributed by atoms with Crippen molar-refractivity contribution in [2.24, 2.45) is 0 Å². The van der Waals surface area contributed by atoms with Gasteiger partial charge >= 0.3 is 0 Å². The number of hydrogen-bond donors (Lipinski definition) is 1. The lowest BCUT2D eigenvalue weighted by Crippen LogP contribution is -2.09. The minimum atomic E-state index is -0.157. The second kappa shape index (κ2) is 4.69. The molecule has 0 aliphatic carbocycles. The number of aryl methyl sites for hydroxylation is 1. The summed E-state index contributed by atoms with van der Waals surface area (Å²) in [7, 11) is 0. The minimum absolute atomic E-state index is 0.157. The zero-order chi connectivity index (χ0) is 12.3. The average Bonchev–Trinajstić information content (AvgIpc) is 2.28. The van der Waals surface area contributed by atoms with Gasteiger partial charge in [-0.1, -0.05) is 6.07 Å². The molecule has 0 atom stereocenters. The summed E-state index contributed by atoms with van der Waals surface area (Å²) in [6, 6.07) is 7.29. The highest BCUT2D eigenvalue weighted by atomic mass is 16.1. The van der Waals surface area contributed by atoms with Gasteiger partial charge in [0.05, 0.1) is 11.4 Å². The highest BCUT2D eigenvalue weighted by Gasteiger charge is 2.05. The van der Waals surface area contributed by atoms with E-state index in [1.807, 2.05) is 18.2 Å². The molecule has 0 saturated carbocycles. The Hall–Kier alpha value is -2.30. The molecule has 17 heavy (non-hydrogen) atoms. The molecular weight excluding hydrogens is 216 g/mol. The van der Waals surface area contributed by atoms with E-state index in [0.29, 0.717) is 17.3 Å². The summed E-state index contributed by atoms with van der Waals surface area (Å²) in [6.07, 6.45) is 1.70. The molecule has 2 aromatic heterocycles. The maximum absolute atomic E-state index is 11.0. The van der Waals surface area contributed by atoms with Crippen molar-refractivity contribution in [3.05, 3.63) is 36.3 Å². The van der Waals surface area contributed by atoms with Gasteiger partial charge in [-0.15, -0.1) is 0 Å². The predicted octanol–water partition coefficient (Wildman–Crippen LogP) is 1.81. The van der Waals surface area contributed by atoms with Crippen LogP contribution < -0.4 is 5.32 Å². The molecule has 86 valence electrons. The summed E-state index contributed by atoms with van der Waals surface area (Å²) < 4.78 is 0. The maximum Gasteiger partial charge on any atom is 0.222 e. The maximum atomic E-state index is 11.0. The number of carbonyl (C=O) groups excluding carboxylic acids is 1. The fourth-order valence-electron chi connectivity index (χ4n) is 1.46. The van der Waals surface area contributed by atoms with E-state index in [2.05, 4.69) is 20.3 Å². The van der Waals surface area contributed by atoms with Crippen LogP contribution in [0.25, 0.3) is 11.4 Å². The fourth-order valence-corrected chi connectivity index (χ4v) is 1.46. The molecule has 2 rings (SSSR count). The van der Waals surface area contributed by atoms with Crippen LogP contribution in [0.2, 0.25) is 0 Å². The third-order valence-electron chi connectivity index (χ3n) is 2.07. The first-order chi connectivity index (χ1) is 8.15. The molecular formula is C12H12N4O. The van der Waals surface area contributed by atoms with Gasteiger partial charge in [-0.25, -0.2) is 9.97 Å². The van der Waals surface area contributed by atoms with Crippen molar-refractivity contribution in [1.82, 2.24) is 15.0 Å². The SMILES string of the molecule is CC(=O)Nc1cc(-c2ccccn2)nc(C)n1. The first-order valence-corrected chi connectivity index (χ1v) is 5.20. The van der Waals surface area contributed by atoms with Crippen molar-refractivity contribution < 1.29 is 4.79 Å². The number of rotatable bonds is 2. The van der Waals surface area contributed by atoms with Gasteiger partial charge in [-0.05, 0) is 19.1 Å². The van der Waals surface area contributed by atoms with Crippen molar-refractivity contribution in [1.29, 1.82) is 0 Å². The highest BCUT2D eigenvalue weighted by molar-refractivity contribution is 5.88. The van der Waals surface area contributed by atoms with E-state index in [-0.39, 0.29) is 5.91 Å². The van der Waals surface area contributed by atoms with E-state index in [1.165, 1.54) is 6.92 Å². The zero-order valence-electron chi connectivity index (χ0n) is 9.64. The smallest absolute Gasteiger partial charge is 0.222 e. The number of nitrogens with zero attached hydrogens (tertiary/aromatic N) is 3. The Kier molecular flexibility index (Phi) is 3.09. The monoisotopic (exact) mass is 228 g/mol. The molecule has 0 radical (unpaired) electrons. The van der Waals surface area contributed by atoms with Gasteiger partial charge in [0.25, 0.3) is 0 Å². The number of aromatic nitrogens is 3. The number of hydrogen-bond acceptors (Lipinski definition) is 4. The van der Waals surface area contributed by atoms with Crippen LogP contribution >= 0.6 is 0 Å². The second-order valence-corrected chi connectivity index (χ2v) is 3.58. The normalized spacial score (nSPS) is 10.0. The van der Waals surface area contributed by atoms with Crippen LogP contribution in [0.15, 0.2) is 30.5 Å². The van der Waals surface area contributed by atoms with Crippen LogP contribution in [-0.4, -0.2) is 20.9 Å². The number of carbonyl (C=O) groups is 1. The van der Waals surface area contributed by atoms with Gasteiger partial charge in [-0.3, -0.25) is 9.78 Å². The van der Waals surface area contributed by atoms with Crippen molar-refractivity contribution in [3.63, 3.8) is 0 Å². The van der Waals surface area contributed by atoms with Crippen LogP contribution in [0.4, 0.5) is 5.82 Å². The van der Waals surface area contributed by atoms with Crippen molar-refractivity contribution >= 4 is 11.7 Å². The Balaban J connectivity index is 2.42. The molecule has 0 aromatic carbocycles. The molecule has 0 fully saturated rings. The van der Waals surface area contributed by atoms with Gasteiger partial charge in [0.15, 0.2) is 0 Å². The van der Waals surface area contributed by atoms with E-state index >= 15 is 0 Å². The largest absolute Gasteiger partial charge is 0.311 e. The van der Waals surface area contributed by atoms with Crippen molar-refractivity contribution in [2.75, 3.05) is 5.32 Å². The molecule has 2 heterocycles. The Morgan fingerprint density at radius 2 is 2.06 bits per heavy atom. The van der Waals surface area contributed by atoms with Gasteiger partial charge in [0.1, 0.15) is 11.6 Å². The second-order valence-electron chi connectivity index (χ2n) is 3.58. The third-order valence-corrected chi connectivity index (χ3v) is 2.07. The number of amides is 1. The zero-order valence-corrected chi connectivity index (χ0v) is 9.64. The topological polar surface area (TPSA) is 67.8 Å². The van der Waals surface area contributed by atoms with Gasteiger partial charge in [0, 0.05) is 19.2 Å². The van der Waals surface area contributed by atoms with Crippen LogP contribution in [0.5, 0.6) is 0 Å². The number of pyridine rings is 1. The first kappa shape index (κ1) is 11.2. The van der Waals surface area contributed by atoms with Gasteiger partial charge in [-0.2, -0.15) is 0 Å². The van der Waals surface area contributed by atoms with Gasteiger partial charge in [0.2, 0.25) is 5.91 Å². The highest BCUT2D eigenvalue weighted by Crippen LogP contribution is 2.17. The van der Waals surface area contributed by atoms with Crippen LogP contribution in [0, 0.1) is 6.92 Å². The number of nitrogens with one attached hydrogen (secondary N) is 1. The minimum Gasteiger partial charge on any atom is -0.311 e. The summed E-state index contributed by atoms with van der Waals surface area (Å²) in [4.78, 5) is 23.6. The molecule has 0 unspecified atom stereocenters. The summed E-state index contributed by atoms with van der Waals surface area (Å²) in [5.41, 5.74) is 1.45. The average molecular weight is 228 g/mol. The molecule has 0 aliphatic rings. The Morgan fingerprint density at radius 3 is 2.71 bits per heavy atom. The molecule has 0 spiro atoms. The molecule has 0 aliphatic heterocycles. The van der Waals surface area contributed by atoms with Crippen LogP contribution in [-0.2, 0) is 4.79 Å². The summed E-state index contributed by atoms with van der Waals surface area (Å²) in [6.45, 7) is 3.22. The van der Waals surface area contributed by atoms with Crippen molar-refractivity contribution in [2.45, 2.75) is 13.8 Å². The quantitative estimate of drug-likeness (QED) is 0.851. The summed E-state index contributed by atoms with van der Waals surface area (Å²) in [5.74, 6) is 0.928. The Morgan fingerprint density at radius 1 is 1.24 bits per heavy atom. The van der Waals surface area contributed by atoms with E-state index in [4.69, 9.17) is 0 Å². The Labute approximate surface area is 99.0 Å². The van der Waals surface area contributed by atoms with E-state index in [1.54, 1.807) is 19.2 Å². The lowest BCUT2D eigenvalue weighted by Gasteiger charge is -2.05. The summed E-state index contributed by atoms with van der Waals surface area (Å²) >= 11 is 0. The first-order valence-electron chi connectivity index (χ1n) is 5.20. The molecule has 0 saturated heterocycles. The molecule has 1 N–H and O–H groups in total. The predicted molar refractivity (Wildman–Crippen MR) is 64.3 cm³/mol. The van der Waals surface area contributed by atoms with Crippen molar-refractivity contribution in [3.8, 4) is 11.4 Å².